The monoisotopic (exact) mass is 665 g/mol. The lowest BCUT2D eigenvalue weighted by Gasteiger charge is -2.39. The standard InChI is InChI=1S/C38H51NO9/c1-38(2,3)48-37(40)39-20-19-32(35(25-39)47-27-30-12-9-14-34(43-6)36(30)46-24-23-41-4)28-15-17-31(18-16-28)45-22-10-21-44-26-29-11-7-8-13-33(29)42-5/h7-9,11-18,32,35H,10,19-27H2,1-6H3. The van der Waals surface area contributed by atoms with Crippen molar-refractivity contribution in [1.29, 1.82) is 0 Å². The highest BCUT2D eigenvalue weighted by atomic mass is 16.6. The van der Waals surface area contributed by atoms with Gasteiger partial charge in [0.25, 0.3) is 0 Å². The molecule has 48 heavy (non-hydrogen) atoms. The smallest absolute Gasteiger partial charge is 0.410 e. The molecule has 4 rings (SSSR count). The molecule has 262 valence electrons. The van der Waals surface area contributed by atoms with Gasteiger partial charge in [-0.25, -0.2) is 4.79 Å². The van der Waals surface area contributed by atoms with E-state index in [1.54, 1.807) is 26.2 Å². The summed E-state index contributed by atoms with van der Waals surface area (Å²) in [6.07, 6.45) is 0.868. The maximum absolute atomic E-state index is 13.0. The number of benzene rings is 3. The van der Waals surface area contributed by atoms with Gasteiger partial charge in [-0.05, 0) is 57.0 Å². The second kappa shape index (κ2) is 18.5. The van der Waals surface area contributed by atoms with Gasteiger partial charge in [0, 0.05) is 37.1 Å². The van der Waals surface area contributed by atoms with Crippen LogP contribution in [0.25, 0.3) is 0 Å². The minimum Gasteiger partial charge on any atom is -0.496 e. The molecular formula is C38H51NO9. The zero-order valence-electron chi connectivity index (χ0n) is 29.2. The zero-order valence-corrected chi connectivity index (χ0v) is 29.2. The molecule has 0 spiro atoms. The Bertz CT molecular complexity index is 1410. The molecule has 1 saturated heterocycles. The number of hydrogen-bond donors (Lipinski definition) is 0. The lowest BCUT2D eigenvalue weighted by Crippen LogP contribution is -2.48. The molecule has 1 amide bonds. The van der Waals surface area contributed by atoms with Gasteiger partial charge >= 0.3 is 6.09 Å². The van der Waals surface area contributed by atoms with Gasteiger partial charge in [-0.2, -0.15) is 0 Å². The molecule has 0 N–H and O–H groups in total. The predicted octanol–water partition coefficient (Wildman–Crippen LogP) is 7.02. The lowest BCUT2D eigenvalue weighted by atomic mass is 9.87. The van der Waals surface area contributed by atoms with E-state index >= 15 is 0 Å². The fourth-order valence-corrected chi connectivity index (χ4v) is 5.55. The number of methoxy groups -OCH3 is 3. The number of carbonyl (C=O) groups excluding carboxylic acids is 1. The molecule has 1 aliphatic heterocycles. The van der Waals surface area contributed by atoms with Gasteiger partial charge in [0.15, 0.2) is 11.5 Å². The number of amides is 1. The SMILES string of the molecule is COCCOc1c(COC2CN(C(=O)OC(C)(C)C)CCC2c2ccc(OCCCOCc3ccccc3OC)cc2)cccc1OC. The van der Waals surface area contributed by atoms with Crippen molar-refractivity contribution >= 4 is 6.09 Å². The average Bonchev–Trinajstić information content (AvgIpc) is 3.08. The first-order chi connectivity index (χ1) is 23.2. The topological polar surface area (TPSA) is 94.2 Å². The molecule has 1 heterocycles. The highest BCUT2D eigenvalue weighted by Crippen LogP contribution is 2.36. The maximum Gasteiger partial charge on any atom is 0.410 e. The largest absolute Gasteiger partial charge is 0.496 e. The van der Waals surface area contributed by atoms with Crippen LogP contribution in [0.1, 0.15) is 56.2 Å². The third-order valence-electron chi connectivity index (χ3n) is 7.94. The molecule has 0 bridgehead atoms. The van der Waals surface area contributed by atoms with E-state index < -0.39 is 5.60 Å². The first-order valence-electron chi connectivity index (χ1n) is 16.5. The van der Waals surface area contributed by atoms with Crippen LogP contribution in [0.3, 0.4) is 0 Å². The first-order valence-corrected chi connectivity index (χ1v) is 16.5. The Kier molecular flexibility index (Phi) is 14.2. The number of nitrogens with zero attached hydrogens (tertiary/aromatic N) is 1. The van der Waals surface area contributed by atoms with E-state index in [4.69, 9.17) is 37.9 Å². The molecule has 3 aromatic carbocycles. The number of piperidine rings is 1. The Morgan fingerprint density at radius 3 is 2.25 bits per heavy atom. The van der Waals surface area contributed by atoms with Crippen LogP contribution in [-0.4, -0.2) is 83.5 Å². The molecule has 0 radical (unpaired) electrons. The van der Waals surface area contributed by atoms with Crippen LogP contribution in [0.5, 0.6) is 23.0 Å². The summed E-state index contributed by atoms with van der Waals surface area (Å²) in [6, 6.07) is 21.7. The fraction of sp³-hybridized carbons (Fsp3) is 0.500. The zero-order chi connectivity index (χ0) is 34.4. The van der Waals surface area contributed by atoms with Crippen molar-refractivity contribution in [2.24, 2.45) is 0 Å². The third-order valence-corrected chi connectivity index (χ3v) is 7.94. The molecule has 10 heteroatoms. The van der Waals surface area contributed by atoms with Crippen molar-refractivity contribution in [2.45, 2.75) is 64.4 Å². The van der Waals surface area contributed by atoms with Crippen molar-refractivity contribution in [3.8, 4) is 23.0 Å². The Morgan fingerprint density at radius 2 is 1.52 bits per heavy atom. The second-order valence-electron chi connectivity index (χ2n) is 12.6. The van der Waals surface area contributed by atoms with Gasteiger partial charge < -0.3 is 42.8 Å². The number of ether oxygens (including phenoxy) is 8. The molecule has 0 saturated carbocycles. The quantitative estimate of drug-likeness (QED) is 0.141. The van der Waals surface area contributed by atoms with Gasteiger partial charge in [0.1, 0.15) is 23.7 Å². The summed E-state index contributed by atoms with van der Waals surface area (Å²) in [4.78, 5) is 14.8. The van der Waals surface area contributed by atoms with E-state index in [1.807, 2.05) is 75.4 Å². The maximum atomic E-state index is 13.0. The molecule has 1 fully saturated rings. The summed E-state index contributed by atoms with van der Waals surface area (Å²) >= 11 is 0. The number of likely N-dealkylation sites (tertiary alicyclic amines) is 1. The molecular weight excluding hydrogens is 614 g/mol. The lowest BCUT2D eigenvalue weighted by molar-refractivity contribution is -0.0365. The van der Waals surface area contributed by atoms with Gasteiger partial charge in [0.05, 0.1) is 59.9 Å². The molecule has 3 aromatic rings. The minimum absolute atomic E-state index is 0.0598. The van der Waals surface area contributed by atoms with Crippen molar-refractivity contribution in [3.63, 3.8) is 0 Å². The van der Waals surface area contributed by atoms with Gasteiger partial charge in [-0.3, -0.25) is 0 Å². The number of carbonyl (C=O) groups is 1. The Hall–Kier alpha value is -3.99. The second-order valence-corrected chi connectivity index (χ2v) is 12.6. The summed E-state index contributed by atoms with van der Waals surface area (Å²) < 4.78 is 46.3. The number of para-hydroxylation sites is 2. The summed E-state index contributed by atoms with van der Waals surface area (Å²) in [7, 11) is 4.91. The fourth-order valence-electron chi connectivity index (χ4n) is 5.55. The van der Waals surface area contributed by atoms with E-state index in [0.29, 0.717) is 57.6 Å². The molecule has 2 unspecified atom stereocenters. The summed E-state index contributed by atoms with van der Waals surface area (Å²) in [6.45, 7) is 9.32. The Morgan fingerprint density at radius 1 is 0.792 bits per heavy atom. The van der Waals surface area contributed by atoms with E-state index in [-0.39, 0.29) is 24.7 Å². The molecule has 1 aliphatic rings. The van der Waals surface area contributed by atoms with Gasteiger partial charge in [0.2, 0.25) is 0 Å². The van der Waals surface area contributed by atoms with Crippen molar-refractivity contribution in [2.75, 3.05) is 60.8 Å². The molecule has 2 atom stereocenters. The van der Waals surface area contributed by atoms with Gasteiger partial charge in [-0.15, -0.1) is 0 Å². The van der Waals surface area contributed by atoms with Crippen LogP contribution in [0.15, 0.2) is 66.7 Å². The van der Waals surface area contributed by atoms with Crippen LogP contribution in [0, 0.1) is 0 Å². The highest BCUT2D eigenvalue weighted by Gasteiger charge is 2.35. The summed E-state index contributed by atoms with van der Waals surface area (Å²) in [5.41, 5.74) is 2.42. The van der Waals surface area contributed by atoms with Crippen molar-refractivity contribution < 1.29 is 42.7 Å². The van der Waals surface area contributed by atoms with Crippen molar-refractivity contribution in [3.05, 3.63) is 83.4 Å². The normalized spacial score (nSPS) is 16.3. The number of rotatable bonds is 17. The average molecular weight is 666 g/mol. The van der Waals surface area contributed by atoms with Gasteiger partial charge in [-0.1, -0.05) is 42.5 Å². The minimum atomic E-state index is -0.587. The number of hydrogen-bond acceptors (Lipinski definition) is 9. The summed E-state index contributed by atoms with van der Waals surface area (Å²) in [5, 5.41) is 0. The van der Waals surface area contributed by atoms with E-state index in [1.165, 1.54) is 0 Å². The third kappa shape index (κ3) is 11.0. The molecule has 10 nitrogen and oxygen atoms in total. The first kappa shape index (κ1) is 36.8. The van der Waals surface area contributed by atoms with E-state index in [2.05, 4.69) is 12.1 Å². The van der Waals surface area contributed by atoms with Crippen LogP contribution >= 0.6 is 0 Å². The highest BCUT2D eigenvalue weighted by molar-refractivity contribution is 5.68. The Labute approximate surface area is 285 Å². The van der Waals surface area contributed by atoms with E-state index in [9.17, 15) is 4.79 Å². The molecule has 0 aliphatic carbocycles. The van der Waals surface area contributed by atoms with Crippen LogP contribution in [0.2, 0.25) is 0 Å². The Balaban J connectivity index is 1.38. The van der Waals surface area contributed by atoms with Crippen molar-refractivity contribution in [1.82, 2.24) is 4.90 Å². The van der Waals surface area contributed by atoms with E-state index in [0.717, 1.165) is 41.0 Å². The molecule has 0 aromatic heterocycles. The summed E-state index contributed by atoms with van der Waals surface area (Å²) in [5.74, 6) is 2.93. The van der Waals surface area contributed by atoms with Crippen LogP contribution in [0.4, 0.5) is 4.79 Å². The van der Waals surface area contributed by atoms with Crippen LogP contribution < -0.4 is 18.9 Å². The predicted molar refractivity (Wildman–Crippen MR) is 183 cm³/mol. The van der Waals surface area contributed by atoms with Crippen LogP contribution in [-0.2, 0) is 32.2 Å².